The third-order valence-corrected chi connectivity index (χ3v) is 3.00. The largest absolute Gasteiger partial charge is 0.460 e. The van der Waals surface area contributed by atoms with Gasteiger partial charge in [-0.1, -0.05) is 30.3 Å². The van der Waals surface area contributed by atoms with Gasteiger partial charge in [0.25, 0.3) is 5.92 Å². The number of benzene rings is 1. The maximum Gasteiger partial charge on any atom is 0.316 e. The van der Waals surface area contributed by atoms with Gasteiger partial charge in [0.05, 0.1) is 0 Å². The minimum atomic E-state index is -2.97. The number of halogens is 2. The average Bonchev–Trinajstić information content (AvgIpc) is 2.37. The van der Waals surface area contributed by atoms with Crippen molar-refractivity contribution in [3.63, 3.8) is 0 Å². The van der Waals surface area contributed by atoms with E-state index in [0.29, 0.717) is 0 Å². The quantitative estimate of drug-likeness (QED) is 0.839. The molecule has 1 saturated heterocycles. The van der Waals surface area contributed by atoms with E-state index in [2.05, 4.69) is 5.32 Å². The molecule has 98 valence electrons. The Kier molecular flexibility index (Phi) is 3.91. The van der Waals surface area contributed by atoms with Crippen molar-refractivity contribution in [1.29, 1.82) is 0 Å². The molecule has 3 nitrogen and oxygen atoms in total. The second kappa shape index (κ2) is 5.44. The van der Waals surface area contributed by atoms with Crippen molar-refractivity contribution in [2.45, 2.75) is 19.0 Å². The lowest BCUT2D eigenvalue weighted by atomic mass is 9.95. The van der Waals surface area contributed by atoms with Gasteiger partial charge >= 0.3 is 5.97 Å². The Balaban J connectivity index is 1.91. The van der Waals surface area contributed by atoms with Crippen molar-refractivity contribution < 1.29 is 18.3 Å². The van der Waals surface area contributed by atoms with Gasteiger partial charge in [0.1, 0.15) is 12.5 Å². The van der Waals surface area contributed by atoms with Crippen molar-refractivity contribution in [1.82, 2.24) is 5.32 Å². The first-order valence-corrected chi connectivity index (χ1v) is 5.89. The molecule has 0 radical (unpaired) electrons. The van der Waals surface area contributed by atoms with Gasteiger partial charge in [0.15, 0.2) is 0 Å². The summed E-state index contributed by atoms with van der Waals surface area (Å²) < 4.78 is 32.0. The van der Waals surface area contributed by atoms with Crippen LogP contribution in [0.15, 0.2) is 30.3 Å². The smallest absolute Gasteiger partial charge is 0.316 e. The Morgan fingerprint density at radius 3 is 2.78 bits per heavy atom. The van der Waals surface area contributed by atoms with Crippen LogP contribution in [0.1, 0.15) is 12.0 Å². The second-order valence-corrected chi connectivity index (χ2v) is 4.36. The summed E-state index contributed by atoms with van der Waals surface area (Å²) in [5, 5.41) is 2.79. The highest BCUT2D eigenvalue weighted by Gasteiger charge is 2.46. The van der Waals surface area contributed by atoms with Crippen molar-refractivity contribution in [3.05, 3.63) is 35.9 Å². The molecule has 2 rings (SSSR count). The van der Waals surface area contributed by atoms with E-state index in [1.165, 1.54) is 0 Å². The van der Waals surface area contributed by atoms with Gasteiger partial charge in [-0.25, -0.2) is 8.78 Å². The Hall–Kier alpha value is -1.49. The van der Waals surface area contributed by atoms with Crippen LogP contribution < -0.4 is 5.32 Å². The molecule has 1 fully saturated rings. The lowest BCUT2D eigenvalue weighted by molar-refractivity contribution is -0.168. The van der Waals surface area contributed by atoms with Crippen LogP contribution in [-0.4, -0.2) is 25.0 Å². The zero-order valence-corrected chi connectivity index (χ0v) is 9.86. The fourth-order valence-corrected chi connectivity index (χ4v) is 1.91. The summed E-state index contributed by atoms with van der Waals surface area (Å²) in [6, 6.07) is 9.01. The number of carbonyl (C=O) groups is 1. The minimum absolute atomic E-state index is 0.0272. The number of esters is 1. The fraction of sp³-hybridized carbons (Fsp3) is 0.462. The van der Waals surface area contributed by atoms with Gasteiger partial charge < -0.3 is 10.1 Å². The molecule has 1 aromatic rings. The van der Waals surface area contributed by atoms with Crippen molar-refractivity contribution in [3.8, 4) is 0 Å². The molecule has 18 heavy (non-hydrogen) atoms. The molecule has 0 bridgehead atoms. The van der Waals surface area contributed by atoms with E-state index in [0.717, 1.165) is 5.56 Å². The lowest BCUT2D eigenvalue weighted by Gasteiger charge is -2.30. The Morgan fingerprint density at radius 1 is 1.39 bits per heavy atom. The monoisotopic (exact) mass is 255 g/mol. The number of ether oxygens (including phenoxy) is 1. The number of alkyl halides is 2. The van der Waals surface area contributed by atoms with Gasteiger partial charge in [0.2, 0.25) is 0 Å². The molecule has 1 atom stereocenters. The Bertz CT molecular complexity index is 409. The van der Waals surface area contributed by atoms with Gasteiger partial charge in [-0.3, -0.25) is 4.79 Å². The first-order valence-electron chi connectivity index (χ1n) is 5.89. The molecule has 0 saturated carbocycles. The molecule has 1 unspecified atom stereocenters. The molecular formula is C13H15F2NO2. The van der Waals surface area contributed by atoms with E-state index in [-0.39, 0.29) is 26.1 Å². The molecular weight excluding hydrogens is 240 g/mol. The van der Waals surface area contributed by atoms with E-state index in [1.54, 1.807) is 24.3 Å². The highest BCUT2D eigenvalue weighted by atomic mass is 19.3. The summed E-state index contributed by atoms with van der Waals surface area (Å²) in [4.78, 5) is 11.6. The van der Waals surface area contributed by atoms with Crippen molar-refractivity contribution in [2.24, 2.45) is 5.92 Å². The summed E-state index contributed by atoms with van der Waals surface area (Å²) in [5.74, 6) is -5.19. The predicted octanol–water partition coefficient (Wildman–Crippen LogP) is 1.97. The molecule has 1 heterocycles. The summed E-state index contributed by atoms with van der Waals surface area (Å²) in [5.41, 5.74) is 0.790. The zero-order chi connectivity index (χ0) is 13.0. The standard InChI is InChI=1S/C13H15F2NO2/c14-13(15)6-7-16-8-11(13)12(17)18-9-10-4-2-1-3-5-10/h1-5,11,16H,6-9H2. The third-order valence-electron chi connectivity index (χ3n) is 3.00. The SMILES string of the molecule is O=C(OCc1ccccc1)C1CNCCC1(F)F. The fourth-order valence-electron chi connectivity index (χ4n) is 1.91. The molecule has 0 amide bonds. The van der Waals surface area contributed by atoms with E-state index in [9.17, 15) is 13.6 Å². The number of piperidine rings is 1. The number of hydrogen-bond acceptors (Lipinski definition) is 3. The van der Waals surface area contributed by atoms with Crippen LogP contribution in [0.4, 0.5) is 8.78 Å². The van der Waals surface area contributed by atoms with Crippen LogP contribution in [0.5, 0.6) is 0 Å². The summed E-state index contributed by atoms with van der Waals surface area (Å²) in [7, 11) is 0. The highest BCUT2D eigenvalue weighted by Crippen LogP contribution is 2.31. The second-order valence-electron chi connectivity index (χ2n) is 4.36. The molecule has 0 aliphatic carbocycles. The first-order chi connectivity index (χ1) is 8.59. The van der Waals surface area contributed by atoms with E-state index < -0.39 is 17.8 Å². The summed E-state index contributed by atoms with van der Waals surface area (Å²) in [6.45, 7) is 0.238. The molecule has 5 heteroatoms. The Labute approximate surface area is 104 Å². The molecule has 0 aromatic heterocycles. The number of rotatable bonds is 3. The lowest BCUT2D eigenvalue weighted by Crippen LogP contribution is -2.48. The Morgan fingerprint density at radius 2 is 2.11 bits per heavy atom. The third kappa shape index (κ3) is 3.04. The van der Waals surface area contributed by atoms with E-state index in [4.69, 9.17) is 4.74 Å². The van der Waals surface area contributed by atoms with E-state index in [1.807, 2.05) is 6.07 Å². The molecule has 0 spiro atoms. The van der Waals surface area contributed by atoms with Crippen LogP contribution in [0, 0.1) is 5.92 Å². The number of carbonyl (C=O) groups excluding carboxylic acids is 1. The van der Waals surface area contributed by atoms with Crippen LogP contribution in [0.25, 0.3) is 0 Å². The van der Waals surface area contributed by atoms with Gasteiger partial charge in [-0.05, 0) is 5.56 Å². The normalized spacial score (nSPS) is 22.4. The van der Waals surface area contributed by atoms with Crippen molar-refractivity contribution >= 4 is 5.97 Å². The van der Waals surface area contributed by atoms with Crippen LogP contribution in [0.3, 0.4) is 0 Å². The van der Waals surface area contributed by atoms with Gasteiger partial charge in [-0.15, -0.1) is 0 Å². The van der Waals surface area contributed by atoms with Gasteiger partial charge in [-0.2, -0.15) is 0 Å². The van der Waals surface area contributed by atoms with Gasteiger partial charge in [0, 0.05) is 19.5 Å². The molecule has 1 aromatic carbocycles. The molecule has 1 aliphatic rings. The average molecular weight is 255 g/mol. The van der Waals surface area contributed by atoms with Crippen molar-refractivity contribution in [2.75, 3.05) is 13.1 Å². The number of nitrogens with one attached hydrogen (secondary N) is 1. The zero-order valence-electron chi connectivity index (χ0n) is 9.86. The summed E-state index contributed by atoms with van der Waals surface area (Å²) in [6.07, 6.45) is -0.321. The predicted molar refractivity (Wildman–Crippen MR) is 62.2 cm³/mol. The number of hydrogen-bond donors (Lipinski definition) is 1. The van der Waals surface area contributed by atoms with E-state index >= 15 is 0 Å². The summed E-state index contributed by atoms with van der Waals surface area (Å²) >= 11 is 0. The van der Waals surface area contributed by atoms with Crippen LogP contribution in [0.2, 0.25) is 0 Å². The topological polar surface area (TPSA) is 38.3 Å². The minimum Gasteiger partial charge on any atom is -0.460 e. The maximum absolute atomic E-state index is 13.5. The molecule has 1 N–H and O–H groups in total. The highest BCUT2D eigenvalue weighted by molar-refractivity contribution is 5.74. The molecule has 1 aliphatic heterocycles. The van der Waals surface area contributed by atoms with Crippen LogP contribution >= 0.6 is 0 Å². The first kappa shape index (κ1) is 13.0. The maximum atomic E-state index is 13.5. The van der Waals surface area contributed by atoms with Crippen LogP contribution in [-0.2, 0) is 16.1 Å².